The Bertz CT molecular complexity index is 530. The number of nitrogens with two attached hydrogens (primary N) is 1. The maximum atomic E-state index is 12.6. The van der Waals surface area contributed by atoms with Crippen LogP contribution in [0.2, 0.25) is 0 Å². The maximum Gasteiger partial charge on any atom is 0.304 e. The first-order valence-corrected chi connectivity index (χ1v) is 7.36. The van der Waals surface area contributed by atoms with Crippen LogP contribution in [-0.2, 0) is 9.59 Å². The Kier molecular flexibility index (Phi) is 4.96. The predicted octanol–water partition coefficient (Wildman–Crippen LogP) is 1.97. The molecule has 5 heteroatoms. The zero-order valence-corrected chi connectivity index (χ0v) is 12.3. The van der Waals surface area contributed by atoms with E-state index in [0.717, 1.165) is 24.1 Å². The van der Waals surface area contributed by atoms with E-state index >= 15 is 0 Å². The molecule has 21 heavy (non-hydrogen) atoms. The van der Waals surface area contributed by atoms with Crippen LogP contribution in [0.15, 0.2) is 24.3 Å². The number of amides is 1. The summed E-state index contributed by atoms with van der Waals surface area (Å²) in [5, 5.41) is 9.03. The molecule has 0 aromatic heterocycles. The fraction of sp³-hybridized carbons (Fsp3) is 0.500. The van der Waals surface area contributed by atoms with E-state index in [4.69, 9.17) is 10.8 Å². The lowest BCUT2D eigenvalue weighted by atomic mass is 9.98. The van der Waals surface area contributed by atoms with Crippen molar-refractivity contribution >= 4 is 17.6 Å². The Balaban J connectivity index is 2.18. The lowest BCUT2D eigenvalue weighted by Gasteiger charge is -2.22. The van der Waals surface area contributed by atoms with Crippen molar-refractivity contribution in [2.24, 2.45) is 11.7 Å². The molecule has 2 unspecified atom stereocenters. The highest BCUT2D eigenvalue weighted by molar-refractivity contribution is 5.97. The van der Waals surface area contributed by atoms with E-state index in [-0.39, 0.29) is 24.2 Å². The van der Waals surface area contributed by atoms with Gasteiger partial charge in [-0.3, -0.25) is 9.59 Å². The summed E-state index contributed by atoms with van der Waals surface area (Å²) >= 11 is 0. The largest absolute Gasteiger partial charge is 0.481 e. The van der Waals surface area contributed by atoms with Gasteiger partial charge in [0.1, 0.15) is 0 Å². The normalized spacial score (nSPS) is 18.4. The number of aliphatic carboxylic acids is 1. The summed E-state index contributed by atoms with van der Waals surface area (Å²) in [4.78, 5) is 25.3. The minimum absolute atomic E-state index is 0.0535. The van der Waals surface area contributed by atoms with E-state index in [1.165, 1.54) is 0 Å². The van der Waals surface area contributed by atoms with Crippen LogP contribution in [0.3, 0.4) is 0 Å². The van der Waals surface area contributed by atoms with E-state index in [1.807, 2.05) is 31.2 Å². The molecule has 0 saturated heterocycles. The Morgan fingerprint density at radius 2 is 2.14 bits per heavy atom. The van der Waals surface area contributed by atoms with Gasteiger partial charge in [0.2, 0.25) is 5.91 Å². The number of rotatable bonds is 6. The van der Waals surface area contributed by atoms with Gasteiger partial charge in [-0.25, -0.2) is 0 Å². The van der Waals surface area contributed by atoms with Crippen molar-refractivity contribution in [2.45, 2.75) is 32.1 Å². The second-order valence-electron chi connectivity index (χ2n) is 5.63. The van der Waals surface area contributed by atoms with Crippen molar-refractivity contribution in [3.8, 4) is 0 Å². The predicted molar refractivity (Wildman–Crippen MR) is 81.2 cm³/mol. The van der Waals surface area contributed by atoms with E-state index < -0.39 is 5.97 Å². The number of fused-ring (bicyclic) bond motifs is 1. The first-order chi connectivity index (χ1) is 10.0. The van der Waals surface area contributed by atoms with Crippen LogP contribution in [0, 0.1) is 5.92 Å². The second-order valence-corrected chi connectivity index (χ2v) is 5.63. The number of carboxylic acid groups (broad SMARTS) is 1. The molecule has 0 aliphatic carbocycles. The van der Waals surface area contributed by atoms with Gasteiger partial charge in [0, 0.05) is 24.1 Å². The van der Waals surface area contributed by atoms with Gasteiger partial charge < -0.3 is 15.7 Å². The Hall–Kier alpha value is -1.88. The minimum atomic E-state index is -0.833. The summed E-state index contributed by atoms with van der Waals surface area (Å²) in [5.74, 6) is -0.987. The average Bonchev–Trinajstić information content (AvgIpc) is 2.82. The Morgan fingerprint density at radius 3 is 2.81 bits per heavy atom. The highest BCUT2D eigenvalue weighted by Gasteiger charge is 2.34. The summed E-state index contributed by atoms with van der Waals surface area (Å²) in [6.45, 7) is 2.94. The van der Waals surface area contributed by atoms with Crippen LogP contribution >= 0.6 is 0 Å². The Morgan fingerprint density at radius 1 is 1.43 bits per heavy atom. The maximum absolute atomic E-state index is 12.6. The molecule has 1 amide bonds. The quantitative estimate of drug-likeness (QED) is 0.839. The molecule has 1 aromatic carbocycles. The molecule has 1 aliphatic rings. The zero-order valence-electron chi connectivity index (χ0n) is 12.3. The molecule has 0 radical (unpaired) electrons. The number of anilines is 1. The van der Waals surface area contributed by atoms with Crippen LogP contribution in [0.1, 0.15) is 37.7 Å². The van der Waals surface area contributed by atoms with Gasteiger partial charge in [-0.15, -0.1) is 0 Å². The van der Waals surface area contributed by atoms with Crippen molar-refractivity contribution in [1.29, 1.82) is 0 Å². The number of para-hydroxylation sites is 1. The molecule has 1 aliphatic heterocycles. The molecule has 0 bridgehead atoms. The van der Waals surface area contributed by atoms with Gasteiger partial charge in [-0.1, -0.05) is 25.1 Å². The molecule has 3 N–H and O–H groups in total. The molecular weight excluding hydrogens is 268 g/mol. The fourth-order valence-electron chi connectivity index (χ4n) is 2.90. The highest BCUT2D eigenvalue weighted by Crippen LogP contribution is 2.38. The first-order valence-electron chi connectivity index (χ1n) is 7.36. The van der Waals surface area contributed by atoms with Crippen molar-refractivity contribution in [3.63, 3.8) is 0 Å². The summed E-state index contributed by atoms with van der Waals surface area (Å²) in [6, 6.07) is 7.58. The van der Waals surface area contributed by atoms with E-state index in [1.54, 1.807) is 4.90 Å². The van der Waals surface area contributed by atoms with Crippen LogP contribution in [-0.4, -0.2) is 30.1 Å². The highest BCUT2D eigenvalue weighted by atomic mass is 16.4. The number of carbonyl (C=O) groups excluding carboxylic acids is 1. The van der Waals surface area contributed by atoms with Gasteiger partial charge in [-0.05, 0) is 31.0 Å². The van der Waals surface area contributed by atoms with Crippen molar-refractivity contribution in [1.82, 2.24) is 0 Å². The van der Waals surface area contributed by atoms with Crippen molar-refractivity contribution in [3.05, 3.63) is 29.8 Å². The fourth-order valence-corrected chi connectivity index (χ4v) is 2.90. The molecule has 0 spiro atoms. The van der Waals surface area contributed by atoms with Gasteiger partial charge in [-0.2, -0.15) is 0 Å². The molecule has 1 aromatic rings. The lowest BCUT2D eigenvalue weighted by molar-refractivity contribution is -0.137. The summed E-state index contributed by atoms with van der Waals surface area (Å²) in [6.07, 6.45) is 1.64. The van der Waals surface area contributed by atoms with Crippen LogP contribution in [0.5, 0.6) is 0 Å². The molecule has 0 saturated carbocycles. The van der Waals surface area contributed by atoms with Crippen molar-refractivity contribution in [2.75, 3.05) is 18.0 Å². The standard InChI is InChI=1S/C16H22N2O3/c1-11(5-4-8-17)16(21)18-10-12(9-15(19)20)13-6-2-3-7-14(13)18/h2-3,6-7,11-12H,4-5,8-10,17H2,1H3,(H,19,20). The molecule has 5 nitrogen and oxygen atoms in total. The smallest absolute Gasteiger partial charge is 0.304 e. The number of carboxylic acids is 1. The number of benzene rings is 1. The second kappa shape index (κ2) is 6.72. The van der Waals surface area contributed by atoms with Crippen LogP contribution in [0.25, 0.3) is 0 Å². The number of carbonyl (C=O) groups is 2. The van der Waals surface area contributed by atoms with E-state index in [2.05, 4.69) is 0 Å². The molecule has 1 heterocycles. The summed E-state index contributed by atoms with van der Waals surface area (Å²) in [7, 11) is 0. The molecule has 0 fully saturated rings. The summed E-state index contributed by atoms with van der Waals surface area (Å²) < 4.78 is 0. The average molecular weight is 290 g/mol. The topological polar surface area (TPSA) is 83.6 Å². The third-order valence-corrected chi connectivity index (χ3v) is 4.02. The van der Waals surface area contributed by atoms with Crippen LogP contribution in [0.4, 0.5) is 5.69 Å². The van der Waals surface area contributed by atoms with Gasteiger partial charge in [0.05, 0.1) is 6.42 Å². The number of nitrogens with zero attached hydrogens (tertiary/aromatic N) is 1. The lowest BCUT2D eigenvalue weighted by Crippen LogP contribution is -2.34. The van der Waals surface area contributed by atoms with Crippen LogP contribution < -0.4 is 10.6 Å². The number of hydrogen-bond acceptors (Lipinski definition) is 3. The van der Waals surface area contributed by atoms with Gasteiger partial charge in [0.25, 0.3) is 0 Å². The molecule has 2 rings (SSSR count). The van der Waals surface area contributed by atoms with E-state index in [9.17, 15) is 9.59 Å². The zero-order chi connectivity index (χ0) is 15.4. The van der Waals surface area contributed by atoms with E-state index in [0.29, 0.717) is 13.1 Å². The third kappa shape index (κ3) is 3.42. The van der Waals surface area contributed by atoms with Gasteiger partial charge >= 0.3 is 5.97 Å². The molecule has 114 valence electrons. The first kappa shape index (κ1) is 15.5. The molecule has 2 atom stereocenters. The van der Waals surface area contributed by atoms with Gasteiger partial charge in [0.15, 0.2) is 0 Å². The number of hydrogen-bond donors (Lipinski definition) is 2. The third-order valence-electron chi connectivity index (χ3n) is 4.02. The summed E-state index contributed by atoms with van der Waals surface area (Å²) in [5.41, 5.74) is 7.31. The minimum Gasteiger partial charge on any atom is -0.481 e. The Labute approximate surface area is 124 Å². The SMILES string of the molecule is CC(CCCN)C(=O)N1CC(CC(=O)O)c2ccccc21. The monoisotopic (exact) mass is 290 g/mol. The van der Waals surface area contributed by atoms with Crippen molar-refractivity contribution < 1.29 is 14.7 Å². The molecular formula is C16H22N2O3.